The van der Waals surface area contributed by atoms with Crippen LogP contribution in [0.1, 0.15) is 44.2 Å². The van der Waals surface area contributed by atoms with E-state index in [9.17, 15) is 4.39 Å². The number of nitrogens with zero attached hydrogens (tertiary/aromatic N) is 1. The van der Waals surface area contributed by atoms with Gasteiger partial charge in [-0.1, -0.05) is 26.7 Å². The van der Waals surface area contributed by atoms with Crippen molar-refractivity contribution < 1.29 is 4.39 Å². The zero-order valence-electron chi connectivity index (χ0n) is 11.8. The number of anilines is 1. The molecule has 0 aromatic heterocycles. The lowest BCUT2D eigenvalue weighted by Crippen LogP contribution is -2.35. The molecule has 0 heterocycles. The first-order chi connectivity index (χ1) is 9.02. The minimum atomic E-state index is -0.307. The molecule has 0 amide bonds. The van der Waals surface area contributed by atoms with Crippen molar-refractivity contribution in [2.45, 2.75) is 46.1 Å². The Labute approximate surface area is 114 Å². The van der Waals surface area contributed by atoms with E-state index in [-0.39, 0.29) is 5.82 Å². The molecule has 2 nitrogen and oxygen atoms in total. The van der Waals surface area contributed by atoms with Crippen LogP contribution in [0.5, 0.6) is 0 Å². The maximum absolute atomic E-state index is 13.8. The Bertz CT molecular complexity index is 504. The van der Waals surface area contributed by atoms with Crippen LogP contribution in [0.15, 0.2) is 12.1 Å². The van der Waals surface area contributed by atoms with Gasteiger partial charge in [-0.05, 0) is 37.3 Å². The summed E-state index contributed by atoms with van der Waals surface area (Å²) in [4.78, 5) is 0. The van der Waals surface area contributed by atoms with E-state index >= 15 is 0 Å². The third-order valence-electron chi connectivity index (χ3n) is 4.52. The number of rotatable bonds is 2. The molecule has 3 unspecified atom stereocenters. The van der Waals surface area contributed by atoms with Gasteiger partial charge in [0.2, 0.25) is 0 Å². The summed E-state index contributed by atoms with van der Waals surface area (Å²) in [5, 5.41) is 12.4. The molecule has 1 aliphatic carbocycles. The number of hydrogen-bond acceptors (Lipinski definition) is 2. The molecule has 19 heavy (non-hydrogen) atoms. The van der Waals surface area contributed by atoms with Crippen LogP contribution in [-0.4, -0.2) is 6.04 Å². The Morgan fingerprint density at radius 3 is 2.74 bits per heavy atom. The Morgan fingerprint density at radius 2 is 2.05 bits per heavy atom. The summed E-state index contributed by atoms with van der Waals surface area (Å²) in [5.41, 5.74) is 1.74. The summed E-state index contributed by atoms with van der Waals surface area (Å²) in [7, 11) is 0. The summed E-state index contributed by atoms with van der Waals surface area (Å²) in [6.07, 6.45) is 3.59. The lowest BCUT2D eigenvalue weighted by Gasteiger charge is -2.35. The second kappa shape index (κ2) is 5.61. The van der Waals surface area contributed by atoms with Crippen LogP contribution in [0.4, 0.5) is 10.1 Å². The van der Waals surface area contributed by atoms with Gasteiger partial charge in [0.05, 0.1) is 11.6 Å². The highest BCUT2D eigenvalue weighted by molar-refractivity contribution is 5.56. The molecule has 0 saturated heterocycles. The van der Waals surface area contributed by atoms with Crippen LogP contribution < -0.4 is 5.32 Å². The third kappa shape index (κ3) is 2.89. The molecule has 1 aromatic rings. The van der Waals surface area contributed by atoms with Crippen molar-refractivity contribution in [3.63, 3.8) is 0 Å². The zero-order valence-corrected chi connectivity index (χ0v) is 11.8. The summed E-state index contributed by atoms with van der Waals surface area (Å²) >= 11 is 0. The van der Waals surface area contributed by atoms with Crippen LogP contribution in [0.3, 0.4) is 0 Å². The second-order valence-corrected chi connectivity index (χ2v) is 5.76. The zero-order chi connectivity index (χ0) is 14.0. The molecular formula is C16H21FN2. The molecule has 1 aromatic carbocycles. The molecule has 3 atom stereocenters. The molecule has 1 fully saturated rings. The van der Waals surface area contributed by atoms with E-state index in [1.165, 1.54) is 18.9 Å². The van der Waals surface area contributed by atoms with Crippen molar-refractivity contribution >= 4 is 5.69 Å². The van der Waals surface area contributed by atoms with Crippen LogP contribution in [0, 0.1) is 35.9 Å². The van der Waals surface area contributed by atoms with Gasteiger partial charge < -0.3 is 5.32 Å². The maximum Gasteiger partial charge on any atom is 0.129 e. The van der Waals surface area contributed by atoms with Gasteiger partial charge in [0.25, 0.3) is 0 Å². The standard InChI is InChI=1S/C16H21FN2/c1-10-5-4-6-15(11(10)2)19-16-8-13(9-18)7-14(17)12(16)3/h7-8,10-11,15,19H,4-6H2,1-3H3. The van der Waals surface area contributed by atoms with Gasteiger partial charge in [-0.15, -0.1) is 0 Å². The molecule has 2 rings (SSSR count). The first-order valence-electron chi connectivity index (χ1n) is 6.99. The second-order valence-electron chi connectivity index (χ2n) is 5.76. The molecule has 0 radical (unpaired) electrons. The average Bonchev–Trinajstić information content (AvgIpc) is 2.39. The lowest BCUT2D eigenvalue weighted by molar-refractivity contribution is 0.253. The molecule has 0 bridgehead atoms. The van der Waals surface area contributed by atoms with Crippen molar-refractivity contribution in [3.8, 4) is 6.07 Å². The first-order valence-corrected chi connectivity index (χ1v) is 6.99. The van der Waals surface area contributed by atoms with E-state index in [0.29, 0.717) is 29.0 Å². The van der Waals surface area contributed by atoms with E-state index in [1.807, 2.05) is 6.07 Å². The molecule has 0 aliphatic heterocycles. The molecule has 3 heteroatoms. The maximum atomic E-state index is 13.8. The molecule has 0 spiro atoms. The molecule has 1 N–H and O–H groups in total. The number of halogens is 1. The van der Waals surface area contributed by atoms with Gasteiger partial charge >= 0.3 is 0 Å². The molecule has 1 aliphatic rings. The number of benzene rings is 1. The number of nitriles is 1. The average molecular weight is 260 g/mol. The molecular weight excluding hydrogens is 239 g/mol. The van der Waals surface area contributed by atoms with Crippen LogP contribution in [0.25, 0.3) is 0 Å². The fourth-order valence-corrected chi connectivity index (χ4v) is 2.88. The normalized spacial score (nSPS) is 26.8. The van der Waals surface area contributed by atoms with E-state index in [0.717, 1.165) is 12.1 Å². The highest BCUT2D eigenvalue weighted by Crippen LogP contribution is 2.32. The summed E-state index contributed by atoms with van der Waals surface area (Å²) < 4.78 is 13.8. The van der Waals surface area contributed by atoms with Crippen molar-refractivity contribution in [1.82, 2.24) is 0 Å². The monoisotopic (exact) mass is 260 g/mol. The van der Waals surface area contributed by atoms with Crippen molar-refractivity contribution in [2.75, 3.05) is 5.32 Å². The number of hydrogen-bond donors (Lipinski definition) is 1. The van der Waals surface area contributed by atoms with E-state index in [2.05, 4.69) is 19.2 Å². The van der Waals surface area contributed by atoms with Crippen LogP contribution >= 0.6 is 0 Å². The Morgan fingerprint density at radius 1 is 1.32 bits per heavy atom. The van der Waals surface area contributed by atoms with E-state index in [4.69, 9.17) is 5.26 Å². The minimum absolute atomic E-state index is 0.307. The van der Waals surface area contributed by atoms with Gasteiger partial charge in [0.15, 0.2) is 0 Å². The smallest absolute Gasteiger partial charge is 0.129 e. The highest BCUT2D eigenvalue weighted by atomic mass is 19.1. The summed E-state index contributed by atoms with van der Waals surface area (Å²) in [5.74, 6) is 0.954. The van der Waals surface area contributed by atoms with Crippen molar-refractivity contribution in [1.29, 1.82) is 5.26 Å². The van der Waals surface area contributed by atoms with Crippen molar-refractivity contribution in [3.05, 3.63) is 29.1 Å². The summed E-state index contributed by atoms with van der Waals surface area (Å²) in [6.45, 7) is 6.29. The molecule has 1 saturated carbocycles. The largest absolute Gasteiger partial charge is 0.382 e. The van der Waals surface area contributed by atoms with Gasteiger partial charge in [-0.2, -0.15) is 5.26 Å². The third-order valence-corrected chi connectivity index (χ3v) is 4.52. The predicted octanol–water partition coefficient (Wildman–Crippen LogP) is 4.24. The molecule has 102 valence electrons. The van der Waals surface area contributed by atoms with Gasteiger partial charge in [0, 0.05) is 17.3 Å². The number of nitrogens with one attached hydrogen (secondary N) is 1. The first kappa shape index (κ1) is 13.9. The quantitative estimate of drug-likeness (QED) is 0.863. The van der Waals surface area contributed by atoms with E-state index < -0.39 is 0 Å². The fraction of sp³-hybridized carbons (Fsp3) is 0.562. The Balaban J connectivity index is 2.23. The van der Waals surface area contributed by atoms with Gasteiger partial charge in [-0.3, -0.25) is 0 Å². The van der Waals surface area contributed by atoms with Gasteiger partial charge in [0.1, 0.15) is 5.82 Å². The highest BCUT2D eigenvalue weighted by Gasteiger charge is 2.27. The van der Waals surface area contributed by atoms with Crippen LogP contribution in [0.2, 0.25) is 0 Å². The van der Waals surface area contributed by atoms with Crippen LogP contribution in [-0.2, 0) is 0 Å². The predicted molar refractivity (Wildman–Crippen MR) is 75.4 cm³/mol. The van der Waals surface area contributed by atoms with Gasteiger partial charge in [-0.25, -0.2) is 4.39 Å². The van der Waals surface area contributed by atoms with Crippen molar-refractivity contribution in [2.24, 2.45) is 11.8 Å². The summed E-state index contributed by atoms with van der Waals surface area (Å²) in [6, 6.07) is 5.44. The SMILES string of the molecule is Cc1c(F)cc(C#N)cc1NC1CCCC(C)C1C. The minimum Gasteiger partial charge on any atom is -0.382 e. The lowest BCUT2D eigenvalue weighted by atomic mass is 9.78. The Hall–Kier alpha value is -1.56. The fourth-order valence-electron chi connectivity index (χ4n) is 2.88. The van der Waals surface area contributed by atoms with E-state index in [1.54, 1.807) is 13.0 Å². The Kier molecular flexibility index (Phi) is 4.09. The topological polar surface area (TPSA) is 35.8 Å².